The highest BCUT2D eigenvalue weighted by molar-refractivity contribution is 6.42. The van der Waals surface area contributed by atoms with Gasteiger partial charge in [0.25, 0.3) is 0 Å². The molecule has 3 rings (SSSR count). The zero-order valence-corrected chi connectivity index (χ0v) is 10.9. The van der Waals surface area contributed by atoms with Crippen molar-refractivity contribution >= 4 is 28.7 Å². The minimum absolute atomic E-state index is 0.0731. The summed E-state index contributed by atoms with van der Waals surface area (Å²) in [6, 6.07) is 16.2. The number of hydrogen-bond acceptors (Lipinski definition) is 4. The van der Waals surface area contributed by atoms with Crippen molar-refractivity contribution in [1.82, 2.24) is 9.97 Å². The van der Waals surface area contributed by atoms with Crippen LogP contribution in [0.25, 0.3) is 11.0 Å². The number of fused-ring (bicyclic) bond motifs is 1. The van der Waals surface area contributed by atoms with Gasteiger partial charge in [-0.25, -0.2) is 15.2 Å². The number of benzene rings is 2. The smallest absolute Gasteiger partial charge is 0.356 e. The van der Waals surface area contributed by atoms with E-state index in [0.717, 1.165) is 11.0 Å². The van der Waals surface area contributed by atoms with E-state index in [9.17, 15) is 9.90 Å². The van der Waals surface area contributed by atoms with Gasteiger partial charge in [-0.1, -0.05) is 42.5 Å². The molecule has 0 unspecified atom stereocenters. The van der Waals surface area contributed by atoms with E-state index >= 15 is 0 Å². The molecule has 0 aliphatic carbocycles. The Labute approximate surface area is 120 Å². The van der Waals surface area contributed by atoms with Crippen molar-refractivity contribution < 1.29 is 9.90 Å². The normalized spacial score (nSPS) is 11.5. The van der Waals surface area contributed by atoms with Crippen molar-refractivity contribution in [2.75, 3.05) is 5.43 Å². The summed E-state index contributed by atoms with van der Waals surface area (Å²) in [6.07, 6.45) is 0. The van der Waals surface area contributed by atoms with Gasteiger partial charge in [0.1, 0.15) is 0 Å². The van der Waals surface area contributed by atoms with Crippen LogP contribution < -0.4 is 5.43 Å². The van der Waals surface area contributed by atoms with Gasteiger partial charge in [-0.15, -0.1) is 0 Å². The molecule has 0 radical (unpaired) electrons. The number of aliphatic carboxylic acids is 1. The first-order valence-corrected chi connectivity index (χ1v) is 6.31. The molecule has 0 amide bonds. The number of H-pyrrole nitrogens is 1. The Hall–Kier alpha value is -3.15. The predicted molar refractivity (Wildman–Crippen MR) is 80.3 cm³/mol. The van der Waals surface area contributed by atoms with Crippen molar-refractivity contribution in [2.45, 2.75) is 0 Å². The second-order valence-corrected chi connectivity index (χ2v) is 4.35. The number of aromatic amines is 1. The van der Waals surface area contributed by atoms with Crippen molar-refractivity contribution in [3.63, 3.8) is 0 Å². The maximum atomic E-state index is 11.3. The van der Waals surface area contributed by atoms with Crippen molar-refractivity contribution in [3.05, 3.63) is 60.2 Å². The summed E-state index contributed by atoms with van der Waals surface area (Å²) >= 11 is 0. The van der Waals surface area contributed by atoms with Crippen LogP contribution in [-0.2, 0) is 4.79 Å². The Morgan fingerprint density at radius 3 is 2.52 bits per heavy atom. The maximum Gasteiger partial charge on any atom is 0.356 e. The lowest BCUT2D eigenvalue weighted by atomic mass is 10.1. The van der Waals surface area contributed by atoms with E-state index in [2.05, 4.69) is 20.5 Å². The molecular formula is C15H12N4O2. The summed E-state index contributed by atoms with van der Waals surface area (Å²) < 4.78 is 0. The minimum atomic E-state index is -1.11. The van der Waals surface area contributed by atoms with E-state index in [4.69, 9.17) is 0 Å². The number of carboxylic acid groups (broad SMARTS) is 1. The van der Waals surface area contributed by atoms with Gasteiger partial charge in [0.05, 0.1) is 11.0 Å². The first kappa shape index (κ1) is 12.9. The third-order valence-electron chi connectivity index (χ3n) is 2.91. The Bertz CT molecular complexity index is 776. The lowest BCUT2D eigenvalue weighted by molar-refractivity contribution is -0.129. The van der Waals surface area contributed by atoms with E-state index in [1.807, 2.05) is 30.3 Å². The number of carbonyl (C=O) groups is 1. The summed E-state index contributed by atoms with van der Waals surface area (Å²) in [5.74, 6) is -0.712. The minimum Gasteiger partial charge on any atom is -0.476 e. The average Bonchev–Trinajstić information content (AvgIpc) is 2.91. The van der Waals surface area contributed by atoms with E-state index in [1.165, 1.54) is 0 Å². The molecule has 0 aliphatic rings. The molecular weight excluding hydrogens is 268 g/mol. The Balaban J connectivity index is 1.90. The van der Waals surface area contributed by atoms with Crippen LogP contribution in [0.5, 0.6) is 0 Å². The van der Waals surface area contributed by atoms with Gasteiger partial charge < -0.3 is 10.1 Å². The second-order valence-electron chi connectivity index (χ2n) is 4.35. The molecule has 0 bridgehead atoms. The Morgan fingerprint density at radius 1 is 1.10 bits per heavy atom. The summed E-state index contributed by atoms with van der Waals surface area (Å²) in [5, 5.41) is 13.2. The first-order chi connectivity index (χ1) is 10.2. The summed E-state index contributed by atoms with van der Waals surface area (Å²) in [7, 11) is 0. The average molecular weight is 280 g/mol. The van der Waals surface area contributed by atoms with E-state index < -0.39 is 5.97 Å². The highest BCUT2D eigenvalue weighted by Gasteiger charge is 2.12. The number of hydrogen-bond donors (Lipinski definition) is 3. The van der Waals surface area contributed by atoms with Gasteiger partial charge in [0.15, 0.2) is 5.71 Å². The lowest BCUT2D eigenvalue weighted by Crippen LogP contribution is -2.16. The lowest BCUT2D eigenvalue weighted by Gasteiger charge is -2.01. The number of hydrazone groups is 1. The molecule has 1 heterocycles. The highest BCUT2D eigenvalue weighted by Crippen LogP contribution is 2.13. The molecule has 2 aromatic carbocycles. The Morgan fingerprint density at radius 2 is 1.81 bits per heavy atom. The van der Waals surface area contributed by atoms with Crippen LogP contribution in [0.2, 0.25) is 0 Å². The van der Waals surface area contributed by atoms with Gasteiger partial charge >= 0.3 is 5.97 Å². The summed E-state index contributed by atoms with van der Waals surface area (Å²) in [5.41, 5.74) is 4.74. The van der Waals surface area contributed by atoms with Crippen molar-refractivity contribution in [2.24, 2.45) is 5.10 Å². The van der Waals surface area contributed by atoms with E-state index in [-0.39, 0.29) is 5.71 Å². The topological polar surface area (TPSA) is 90.4 Å². The Kier molecular flexibility index (Phi) is 3.34. The molecule has 0 spiro atoms. The first-order valence-electron chi connectivity index (χ1n) is 6.31. The quantitative estimate of drug-likeness (QED) is 0.506. The number of aromatic nitrogens is 2. The number of imidazole rings is 1. The molecule has 6 heteroatoms. The number of para-hydroxylation sites is 2. The number of anilines is 1. The maximum absolute atomic E-state index is 11.3. The highest BCUT2D eigenvalue weighted by atomic mass is 16.4. The van der Waals surface area contributed by atoms with Crippen LogP contribution in [0.1, 0.15) is 5.56 Å². The van der Waals surface area contributed by atoms with E-state index in [0.29, 0.717) is 11.5 Å². The van der Waals surface area contributed by atoms with Crippen LogP contribution in [0.4, 0.5) is 5.95 Å². The number of carboxylic acids is 1. The molecule has 3 N–H and O–H groups in total. The number of nitrogens with zero attached hydrogens (tertiary/aromatic N) is 2. The van der Waals surface area contributed by atoms with Gasteiger partial charge in [-0.2, -0.15) is 5.10 Å². The van der Waals surface area contributed by atoms with Crippen LogP contribution in [0, 0.1) is 0 Å². The fourth-order valence-corrected chi connectivity index (χ4v) is 1.95. The summed E-state index contributed by atoms with van der Waals surface area (Å²) in [4.78, 5) is 18.6. The fourth-order valence-electron chi connectivity index (χ4n) is 1.95. The van der Waals surface area contributed by atoms with Crippen LogP contribution in [-0.4, -0.2) is 26.8 Å². The molecule has 104 valence electrons. The van der Waals surface area contributed by atoms with Gasteiger partial charge in [-0.05, 0) is 12.1 Å². The molecule has 0 aliphatic heterocycles. The van der Waals surface area contributed by atoms with Crippen molar-refractivity contribution in [3.8, 4) is 0 Å². The predicted octanol–water partition coefficient (Wildman–Crippen LogP) is 2.46. The fraction of sp³-hybridized carbons (Fsp3) is 0. The molecule has 3 aromatic rings. The van der Waals surface area contributed by atoms with Gasteiger partial charge in [0, 0.05) is 5.56 Å². The second kappa shape index (κ2) is 5.46. The molecule has 0 saturated carbocycles. The zero-order chi connectivity index (χ0) is 14.7. The molecule has 0 atom stereocenters. The van der Waals surface area contributed by atoms with Gasteiger partial charge in [0.2, 0.25) is 5.95 Å². The third-order valence-corrected chi connectivity index (χ3v) is 2.91. The number of rotatable bonds is 4. The molecule has 21 heavy (non-hydrogen) atoms. The SMILES string of the molecule is O=C(O)/C(=N\Nc1nc2ccccc2[nH]1)c1ccccc1. The molecule has 1 aromatic heterocycles. The van der Waals surface area contributed by atoms with Crippen molar-refractivity contribution in [1.29, 1.82) is 0 Å². The molecule has 0 fully saturated rings. The monoisotopic (exact) mass is 280 g/mol. The van der Waals surface area contributed by atoms with Crippen LogP contribution in [0.3, 0.4) is 0 Å². The number of nitrogens with one attached hydrogen (secondary N) is 2. The largest absolute Gasteiger partial charge is 0.476 e. The molecule has 0 saturated heterocycles. The zero-order valence-electron chi connectivity index (χ0n) is 10.9. The standard InChI is InChI=1S/C15H12N4O2/c20-14(21)13(10-6-2-1-3-7-10)18-19-15-16-11-8-4-5-9-12(11)17-15/h1-9H,(H,20,21)(H2,16,17,19)/b18-13-. The summed E-state index contributed by atoms with van der Waals surface area (Å²) in [6.45, 7) is 0. The van der Waals surface area contributed by atoms with Crippen LogP contribution >= 0.6 is 0 Å². The third kappa shape index (κ3) is 2.74. The van der Waals surface area contributed by atoms with Crippen LogP contribution in [0.15, 0.2) is 59.7 Å². The van der Waals surface area contributed by atoms with E-state index in [1.54, 1.807) is 24.3 Å². The van der Waals surface area contributed by atoms with Gasteiger partial charge in [-0.3, -0.25) is 0 Å². The molecule has 6 nitrogen and oxygen atoms in total.